The molecule has 20 heavy (non-hydrogen) atoms. The molecule has 1 rings (SSSR count). The van der Waals surface area contributed by atoms with Crippen molar-refractivity contribution in [2.24, 2.45) is 5.92 Å². The molecule has 5 nitrogen and oxygen atoms in total. The summed E-state index contributed by atoms with van der Waals surface area (Å²) in [4.78, 5) is 9.68. The number of aliphatic hydroxyl groups excluding tert-OH is 1. The van der Waals surface area contributed by atoms with Gasteiger partial charge in [0, 0.05) is 30.5 Å². The Morgan fingerprint density at radius 2 is 2.00 bits per heavy atom. The number of anilines is 1. The molecule has 0 aromatic heterocycles. The molecule has 2 unspecified atom stereocenters. The first-order valence-corrected chi connectivity index (χ1v) is 5.89. The van der Waals surface area contributed by atoms with E-state index in [1.54, 1.807) is 13.8 Å². The summed E-state index contributed by atoms with van der Waals surface area (Å²) >= 11 is 0. The third-order valence-corrected chi connectivity index (χ3v) is 3.04. The Hall–Kier alpha value is -1.83. The highest BCUT2D eigenvalue weighted by Crippen LogP contribution is 2.37. The molecule has 0 bridgehead atoms. The first-order valence-electron chi connectivity index (χ1n) is 5.89. The van der Waals surface area contributed by atoms with Crippen LogP contribution in [0.1, 0.15) is 19.4 Å². The molecule has 0 spiro atoms. The molecule has 0 heterocycles. The molecule has 1 aromatic carbocycles. The van der Waals surface area contributed by atoms with Gasteiger partial charge in [0.05, 0.1) is 10.5 Å². The minimum absolute atomic E-state index is 0.178. The number of hydrogen-bond acceptors (Lipinski definition) is 4. The van der Waals surface area contributed by atoms with Crippen molar-refractivity contribution in [3.8, 4) is 0 Å². The minimum Gasteiger partial charge on any atom is -0.396 e. The van der Waals surface area contributed by atoms with Crippen molar-refractivity contribution in [1.29, 1.82) is 0 Å². The quantitative estimate of drug-likeness (QED) is 0.646. The lowest BCUT2D eigenvalue weighted by Crippen LogP contribution is -2.27. The van der Waals surface area contributed by atoms with Crippen molar-refractivity contribution in [1.82, 2.24) is 0 Å². The van der Waals surface area contributed by atoms with E-state index in [1.165, 1.54) is 0 Å². The molecule has 2 N–H and O–H groups in total. The molecular formula is C12H15F3N2O3. The smallest absolute Gasteiger partial charge is 0.396 e. The molecule has 2 atom stereocenters. The summed E-state index contributed by atoms with van der Waals surface area (Å²) in [5.74, 6) is -0.258. The van der Waals surface area contributed by atoms with Crippen molar-refractivity contribution < 1.29 is 23.2 Å². The fourth-order valence-electron chi connectivity index (χ4n) is 1.55. The van der Waals surface area contributed by atoms with Gasteiger partial charge in [-0.1, -0.05) is 6.92 Å². The van der Waals surface area contributed by atoms with Crippen molar-refractivity contribution >= 4 is 11.4 Å². The van der Waals surface area contributed by atoms with E-state index >= 15 is 0 Å². The van der Waals surface area contributed by atoms with E-state index in [0.29, 0.717) is 6.07 Å². The van der Waals surface area contributed by atoms with Crippen molar-refractivity contribution in [3.05, 3.63) is 33.9 Å². The van der Waals surface area contributed by atoms with Crippen molar-refractivity contribution in [3.63, 3.8) is 0 Å². The summed E-state index contributed by atoms with van der Waals surface area (Å²) < 4.78 is 38.7. The first-order chi connectivity index (χ1) is 9.16. The molecule has 112 valence electrons. The lowest BCUT2D eigenvalue weighted by Gasteiger charge is -2.23. The van der Waals surface area contributed by atoms with Gasteiger partial charge in [-0.3, -0.25) is 10.1 Å². The highest BCUT2D eigenvalue weighted by molar-refractivity contribution is 5.57. The fraction of sp³-hybridized carbons (Fsp3) is 0.500. The Balaban J connectivity index is 3.16. The molecule has 0 aliphatic heterocycles. The largest absolute Gasteiger partial charge is 0.418 e. The highest BCUT2D eigenvalue weighted by Gasteiger charge is 2.35. The number of nitro groups is 1. The molecule has 0 saturated carbocycles. The highest BCUT2D eigenvalue weighted by atomic mass is 19.4. The maximum Gasteiger partial charge on any atom is 0.418 e. The Bertz CT molecular complexity index is 491. The van der Waals surface area contributed by atoms with Crippen LogP contribution in [0.4, 0.5) is 24.5 Å². The molecule has 1 aromatic rings. The van der Waals surface area contributed by atoms with Gasteiger partial charge >= 0.3 is 6.18 Å². The number of non-ortho nitro benzene ring substituents is 1. The van der Waals surface area contributed by atoms with E-state index in [0.717, 1.165) is 12.1 Å². The number of nitrogens with zero attached hydrogens (tertiary/aromatic N) is 1. The zero-order valence-electron chi connectivity index (χ0n) is 10.9. The van der Waals surface area contributed by atoms with Crippen LogP contribution in [0.15, 0.2) is 18.2 Å². The van der Waals surface area contributed by atoms with Gasteiger partial charge in [0.1, 0.15) is 0 Å². The van der Waals surface area contributed by atoms with E-state index in [1.807, 2.05) is 0 Å². The maximum absolute atomic E-state index is 12.9. The number of benzene rings is 1. The Labute approximate surface area is 113 Å². The van der Waals surface area contributed by atoms with Crippen molar-refractivity contribution in [2.75, 3.05) is 11.9 Å². The van der Waals surface area contributed by atoms with Crippen LogP contribution in [0.3, 0.4) is 0 Å². The maximum atomic E-state index is 12.9. The second-order valence-electron chi connectivity index (χ2n) is 4.58. The van der Waals surface area contributed by atoms with Crippen LogP contribution in [-0.4, -0.2) is 22.7 Å². The summed E-state index contributed by atoms with van der Waals surface area (Å²) in [6.45, 7) is 3.13. The SMILES string of the molecule is CC(CO)C(C)Nc1ccc([N+](=O)[O-])cc1C(F)(F)F. The van der Waals surface area contributed by atoms with Crippen LogP contribution in [0.5, 0.6) is 0 Å². The second kappa shape index (κ2) is 6.08. The molecule has 0 aliphatic rings. The molecule has 8 heteroatoms. The standard InChI is InChI=1S/C12H15F3N2O3/c1-7(6-18)8(2)16-11-4-3-9(17(19)20)5-10(11)12(13,14)15/h3-5,7-8,16,18H,6H2,1-2H3. The van der Waals surface area contributed by atoms with Crippen LogP contribution >= 0.6 is 0 Å². The lowest BCUT2D eigenvalue weighted by atomic mass is 10.0. The van der Waals surface area contributed by atoms with Crippen LogP contribution < -0.4 is 5.32 Å². The summed E-state index contributed by atoms with van der Waals surface area (Å²) in [5.41, 5.74) is -1.95. The monoisotopic (exact) mass is 292 g/mol. The van der Waals surface area contributed by atoms with E-state index in [-0.39, 0.29) is 18.2 Å². The molecular weight excluding hydrogens is 277 g/mol. The Kier molecular flexibility index (Phi) is 4.93. The number of nitro benzene ring substituents is 1. The predicted octanol–water partition coefficient (Wildman–Crippen LogP) is 3.04. The number of rotatable bonds is 5. The molecule has 0 amide bonds. The van der Waals surface area contributed by atoms with Gasteiger partial charge in [-0.05, 0) is 18.9 Å². The van der Waals surface area contributed by atoms with Crippen LogP contribution in [0.2, 0.25) is 0 Å². The van der Waals surface area contributed by atoms with Gasteiger partial charge in [-0.25, -0.2) is 0 Å². The minimum atomic E-state index is -4.70. The Morgan fingerprint density at radius 1 is 1.40 bits per heavy atom. The fourth-order valence-corrected chi connectivity index (χ4v) is 1.55. The van der Waals surface area contributed by atoms with E-state index < -0.39 is 28.4 Å². The molecule has 0 fully saturated rings. The third-order valence-electron chi connectivity index (χ3n) is 3.04. The average Bonchev–Trinajstić information content (AvgIpc) is 2.36. The van der Waals surface area contributed by atoms with Gasteiger partial charge in [0.15, 0.2) is 0 Å². The number of nitrogens with one attached hydrogen (secondary N) is 1. The molecule has 0 radical (unpaired) electrons. The topological polar surface area (TPSA) is 75.4 Å². The lowest BCUT2D eigenvalue weighted by molar-refractivity contribution is -0.385. The third kappa shape index (κ3) is 3.83. The van der Waals surface area contributed by atoms with Crippen molar-refractivity contribution in [2.45, 2.75) is 26.1 Å². The Morgan fingerprint density at radius 3 is 2.45 bits per heavy atom. The van der Waals surface area contributed by atoms with Gasteiger partial charge in [0.25, 0.3) is 5.69 Å². The number of hydrogen-bond donors (Lipinski definition) is 2. The van der Waals surface area contributed by atoms with E-state index in [9.17, 15) is 23.3 Å². The summed E-state index contributed by atoms with van der Waals surface area (Å²) in [7, 11) is 0. The summed E-state index contributed by atoms with van der Waals surface area (Å²) in [5, 5.41) is 22.2. The van der Waals surface area contributed by atoms with Crippen LogP contribution in [-0.2, 0) is 6.18 Å². The molecule has 0 aliphatic carbocycles. The predicted molar refractivity (Wildman–Crippen MR) is 67.4 cm³/mol. The zero-order chi connectivity index (χ0) is 15.5. The van der Waals surface area contributed by atoms with Crippen LogP contribution in [0.25, 0.3) is 0 Å². The first kappa shape index (κ1) is 16.2. The number of aliphatic hydroxyl groups is 1. The number of halogens is 3. The van der Waals surface area contributed by atoms with Gasteiger partial charge in [-0.2, -0.15) is 13.2 Å². The normalized spacial score (nSPS) is 14.7. The number of alkyl halides is 3. The zero-order valence-corrected chi connectivity index (χ0v) is 10.9. The summed E-state index contributed by atoms with van der Waals surface area (Å²) in [6, 6.07) is 2.12. The van der Waals surface area contributed by atoms with Gasteiger partial charge < -0.3 is 10.4 Å². The van der Waals surface area contributed by atoms with Gasteiger partial charge in [-0.15, -0.1) is 0 Å². The van der Waals surface area contributed by atoms with E-state index in [4.69, 9.17) is 5.11 Å². The van der Waals surface area contributed by atoms with E-state index in [2.05, 4.69) is 5.32 Å². The molecule has 0 saturated heterocycles. The van der Waals surface area contributed by atoms with Gasteiger partial charge in [0.2, 0.25) is 0 Å². The summed E-state index contributed by atoms with van der Waals surface area (Å²) in [6.07, 6.45) is -4.70. The van der Waals surface area contributed by atoms with Crippen LogP contribution in [0, 0.1) is 16.0 Å². The second-order valence-corrected chi connectivity index (χ2v) is 4.58. The average molecular weight is 292 g/mol.